The van der Waals surface area contributed by atoms with Gasteiger partial charge in [0.2, 0.25) is 6.23 Å². The standard InChI is InChI=1S/C21H17ClN2O2S/c1-25-15-5-2-4-13(10-15)17-12-18-16-11-14(22)7-8-19(16)26-21(24(18)23-17)20-6-3-9-27-20/h2-11,18,21H,12H2,1H3/t18-,21+/m1/s1. The van der Waals surface area contributed by atoms with Gasteiger partial charge in [0.25, 0.3) is 0 Å². The van der Waals surface area contributed by atoms with Crippen LogP contribution in [0.4, 0.5) is 0 Å². The van der Waals surface area contributed by atoms with Gasteiger partial charge in [-0.2, -0.15) is 5.10 Å². The molecule has 2 aliphatic heterocycles. The molecule has 2 aliphatic rings. The van der Waals surface area contributed by atoms with Crippen molar-refractivity contribution in [2.75, 3.05) is 7.11 Å². The molecular weight excluding hydrogens is 380 g/mol. The molecule has 3 heterocycles. The van der Waals surface area contributed by atoms with E-state index < -0.39 is 0 Å². The van der Waals surface area contributed by atoms with Gasteiger partial charge in [-0.1, -0.05) is 29.8 Å². The molecule has 0 fully saturated rings. The topological polar surface area (TPSA) is 34.1 Å². The fourth-order valence-corrected chi connectivity index (χ4v) is 4.58. The first-order valence-corrected chi connectivity index (χ1v) is 9.98. The van der Waals surface area contributed by atoms with Crippen molar-refractivity contribution in [1.29, 1.82) is 0 Å². The molecule has 0 spiro atoms. The van der Waals surface area contributed by atoms with Crippen LogP contribution in [0.1, 0.15) is 34.7 Å². The van der Waals surface area contributed by atoms with Crippen molar-refractivity contribution < 1.29 is 9.47 Å². The van der Waals surface area contributed by atoms with Gasteiger partial charge in [-0.15, -0.1) is 11.3 Å². The first kappa shape index (κ1) is 16.7. The molecule has 0 saturated heterocycles. The van der Waals surface area contributed by atoms with Gasteiger partial charge >= 0.3 is 0 Å². The van der Waals surface area contributed by atoms with Gasteiger partial charge in [-0.05, 0) is 41.8 Å². The van der Waals surface area contributed by atoms with Crippen LogP contribution in [0.5, 0.6) is 11.5 Å². The van der Waals surface area contributed by atoms with E-state index in [2.05, 4.69) is 22.5 Å². The summed E-state index contributed by atoms with van der Waals surface area (Å²) >= 11 is 7.95. The highest BCUT2D eigenvalue weighted by molar-refractivity contribution is 7.10. The third-order valence-corrected chi connectivity index (χ3v) is 6.08. The highest BCUT2D eigenvalue weighted by Crippen LogP contribution is 2.48. The van der Waals surface area contributed by atoms with Crippen LogP contribution in [-0.2, 0) is 0 Å². The molecule has 0 N–H and O–H groups in total. The van der Waals surface area contributed by atoms with Crippen molar-refractivity contribution in [2.24, 2.45) is 5.10 Å². The predicted octanol–water partition coefficient (Wildman–Crippen LogP) is 5.65. The summed E-state index contributed by atoms with van der Waals surface area (Å²) in [4.78, 5) is 1.14. The molecular formula is C21H17ClN2O2S. The van der Waals surface area contributed by atoms with E-state index in [0.717, 1.165) is 39.6 Å². The van der Waals surface area contributed by atoms with Crippen molar-refractivity contribution in [3.05, 3.63) is 81.0 Å². The van der Waals surface area contributed by atoms with Crippen molar-refractivity contribution in [1.82, 2.24) is 5.01 Å². The number of benzene rings is 2. The summed E-state index contributed by atoms with van der Waals surface area (Å²) in [5.74, 6) is 1.70. The van der Waals surface area contributed by atoms with E-state index in [1.807, 2.05) is 42.5 Å². The zero-order valence-electron chi connectivity index (χ0n) is 14.6. The summed E-state index contributed by atoms with van der Waals surface area (Å²) < 4.78 is 11.7. The Hall–Kier alpha value is -2.50. The number of hydrogen-bond acceptors (Lipinski definition) is 5. The number of halogens is 1. The summed E-state index contributed by atoms with van der Waals surface area (Å²) in [6.07, 6.45) is 0.568. The molecule has 0 unspecified atom stereocenters. The van der Waals surface area contributed by atoms with Crippen molar-refractivity contribution >= 4 is 28.6 Å². The number of thiophene rings is 1. The molecule has 2 atom stereocenters. The Morgan fingerprint density at radius 3 is 2.93 bits per heavy atom. The SMILES string of the molecule is COc1cccc(C2=NN3[C@H](C2)c2cc(Cl)ccc2O[C@H]3c2cccs2)c1. The summed E-state index contributed by atoms with van der Waals surface area (Å²) in [6.45, 7) is 0. The Morgan fingerprint density at radius 2 is 2.11 bits per heavy atom. The number of fused-ring (bicyclic) bond motifs is 3. The number of hydrogen-bond donors (Lipinski definition) is 0. The van der Waals surface area contributed by atoms with Gasteiger partial charge in [-0.3, -0.25) is 0 Å². The molecule has 6 heteroatoms. The maximum absolute atomic E-state index is 6.32. The lowest BCUT2D eigenvalue weighted by Gasteiger charge is -2.37. The monoisotopic (exact) mass is 396 g/mol. The number of rotatable bonds is 3. The molecule has 0 saturated carbocycles. The van der Waals surface area contributed by atoms with Crippen LogP contribution in [0, 0.1) is 0 Å². The third-order valence-electron chi connectivity index (χ3n) is 4.94. The molecule has 4 nitrogen and oxygen atoms in total. The minimum Gasteiger partial charge on any atom is -0.497 e. The van der Waals surface area contributed by atoms with E-state index in [-0.39, 0.29) is 12.3 Å². The largest absolute Gasteiger partial charge is 0.497 e. The van der Waals surface area contributed by atoms with Crippen molar-refractivity contribution in [3.8, 4) is 11.5 Å². The summed E-state index contributed by atoms with van der Waals surface area (Å²) in [7, 11) is 1.68. The van der Waals surface area contributed by atoms with Crippen LogP contribution < -0.4 is 9.47 Å². The average molecular weight is 397 g/mol. The van der Waals surface area contributed by atoms with Gasteiger partial charge in [-0.25, -0.2) is 5.01 Å². The van der Waals surface area contributed by atoms with Crippen LogP contribution in [0.25, 0.3) is 0 Å². The van der Waals surface area contributed by atoms with E-state index in [0.29, 0.717) is 5.02 Å². The molecule has 0 radical (unpaired) electrons. The minimum absolute atomic E-state index is 0.0979. The zero-order chi connectivity index (χ0) is 18.4. The second kappa shape index (κ2) is 6.59. The fraction of sp³-hybridized carbons (Fsp3) is 0.190. The lowest BCUT2D eigenvalue weighted by Crippen LogP contribution is -2.33. The minimum atomic E-state index is -0.230. The highest BCUT2D eigenvalue weighted by atomic mass is 35.5. The predicted molar refractivity (Wildman–Crippen MR) is 108 cm³/mol. The lowest BCUT2D eigenvalue weighted by molar-refractivity contribution is -0.0165. The van der Waals surface area contributed by atoms with E-state index in [1.54, 1.807) is 18.4 Å². The molecule has 3 aromatic rings. The maximum atomic E-state index is 6.32. The Kier molecular flexibility index (Phi) is 4.06. The summed E-state index contributed by atoms with van der Waals surface area (Å²) in [6, 6.07) is 18.1. The average Bonchev–Trinajstić information content (AvgIpc) is 3.38. The van der Waals surface area contributed by atoms with E-state index in [4.69, 9.17) is 26.2 Å². The normalized spacial score (nSPS) is 20.5. The van der Waals surface area contributed by atoms with E-state index in [1.165, 1.54) is 0 Å². The van der Waals surface area contributed by atoms with Gasteiger partial charge in [0.1, 0.15) is 11.5 Å². The molecule has 5 rings (SSSR count). The summed E-state index contributed by atoms with van der Waals surface area (Å²) in [5, 5.41) is 9.80. The van der Waals surface area contributed by atoms with Gasteiger partial charge in [0.05, 0.1) is 23.7 Å². The number of methoxy groups -OCH3 is 1. The number of nitrogens with zero attached hydrogens (tertiary/aromatic N) is 2. The second-order valence-electron chi connectivity index (χ2n) is 6.55. The van der Waals surface area contributed by atoms with Gasteiger partial charge in [0.15, 0.2) is 0 Å². The third kappa shape index (κ3) is 2.87. The van der Waals surface area contributed by atoms with Crippen LogP contribution in [0.2, 0.25) is 5.02 Å². The Labute approximate surface area is 166 Å². The van der Waals surface area contributed by atoms with Crippen molar-refractivity contribution in [2.45, 2.75) is 18.7 Å². The first-order chi connectivity index (χ1) is 13.2. The van der Waals surface area contributed by atoms with Crippen molar-refractivity contribution in [3.63, 3.8) is 0 Å². The van der Waals surface area contributed by atoms with E-state index >= 15 is 0 Å². The molecule has 27 heavy (non-hydrogen) atoms. The maximum Gasteiger partial charge on any atom is 0.222 e. The fourth-order valence-electron chi connectivity index (χ4n) is 3.65. The second-order valence-corrected chi connectivity index (χ2v) is 7.96. The van der Waals surface area contributed by atoms with Gasteiger partial charge < -0.3 is 9.47 Å². The van der Waals surface area contributed by atoms with Gasteiger partial charge in [0, 0.05) is 22.6 Å². The van der Waals surface area contributed by atoms with Crippen LogP contribution >= 0.6 is 22.9 Å². The number of hydrazone groups is 1. The Morgan fingerprint density at radius 1 is 1.19 bits per heavy atom. The van der Waals surface area contributed by atoms with Crippen LogP contribution in [-0.4, -0.2) is 17.8 Å². The molecule has 0 bridgehead atoms. The molecule has 0 aliphatic carbocycles. The lowest BCUT2D eigenvalue weighted by atomic mass is 9.96. The van der Waals surface area contributed by atoms with Crippen LogP contribution in [0.15, 0.2) is 65.1 Å². The Balaban J connectivity index is 1.59. The quantitative estimate of drug-likeness (QED) is 0.573. The van der Waals surface area contributed by atoms with E-state index in [9.17, 15) is 0 Å². The Bertz CT molecular complexity index is 1020. The number of ether oxygens (including phenoxy) is 2. The molecule has 2 aromatic carbocycles. The van der Waals surface area contributed by atoms with Crippen LogP contribution in [0.3, 0.4) is 0 Å². The smallest absolute Gasteiger partial charge is 0.222 e. The first-order valence-electron chi connectivity index (χ1n) is 8.72. The highest BCUT2D eigenvalue weighted by Gasteiger charge is 2.41. The molecule has 0 amide bonds. The summed E-state index contributed by atoms with van der Waals surface area (Å²) in [5.41, 5.74) is 3.17. The molecule has 136 valence electrons. The zero-order valence-corrected chi connectivity index (χ0v) is 16.2. The molecule has 1 aromatic heterocycles.